The van der Waals surface area contributed by atoms with E-state index in [1.165, 1.54) is 0 Å². The second-order valence-electron chi connectivity index (χ2n) is 5.88. The first-order chi connectivity index (χ1) is 11.3. The van der Waals surface area contributed by atoms with Gasteiger partial charge in [-0.25, -0.2) is 4.98 Å². The topological polar surface area (TPSA) is 117 Å². The molecule has 5 N–H and O–H groups in total. The summed E-state index contributed by atoms with van der Waals surface area (Å²) >= 11 is 0. The molecule has 4 rings (SSSR count). The molecule has 1 fully saturated rings. The van der Waals surface area contributed by atoms with Gasteiger partial charge in [-0.1, -0.05) is 0 Å². The number of hydrogen-bond donors (Lipinski definition) is 4. The zero-order valence-corrected chi connectivity index (χ0v) is 12.6. The number of anilines is 1. The third-order valence-electron chi connectivity index (χ3n) is 4.49. The predicted octanol–water partition coefficient (Wildman–Crippen LogP) is 0.529. The molecule has 120 valence electrons. The van der Waals surface area contributed by atoms with E-state index in [9.17, 15) is 5.11 Å². The van der Waals surface area contributed by atoms with Crippen LogP contribution in [0, 0.1) is 0 Å². The molecule has 0 amide bonds. The van der Waals surface area contributed by atoms with Gasteiger partial charge in [0.1, 0.15) is 5.82 Å². The normalized spacial score (nSPS) is 21.8. The molecule has 8 nitrogen and oxygen atoms in total. The lowest BCUT2D eigenvalue weighted by molar-refractivity contribution is 0.200. The Morgan fingerprint density at radius 3 is 3.09 bits per heavy atom. The van der Waals surface area contributed by atoms with E-state index in [0.717, 1.165) is 36.2 Å². The van der Waals surface area contributed by atoms with Crippen LogP contribution in [0.5, 0.6) is 0 Å². The van der Waals surface area contributed by atoms with Crippen molar-refractivity contribution in [2.24, 2.45) is 0 Å². The average molecular weight is 313 g/mol. The molecule has 8 heteroatoms. The molecule has 1 aliphatic rings. The molecule has 0 spiro atoms. The molecule has 0 aliphatic carbocycles. The lowest BCUT2D eigenvalue weighted by Crippen LogP contribution is -2.42. The van der Waals surface area contributed by atoms with E-state index in [-0.39, 0.29) is 18.6 Å². The Kier molecular flexibility index (Phi) is 3.47. The molecule has 0 unspecified atom stereocenters. The van der Waals surface area contributed by atoms with Gasteiger partial charge in [0.15, 0.2) is 5.65 Å². The highest BCUT2D eigenvalue weighted by atomic mass is 16.3. The lowest BCUT2D eigenvalue weighted by Gasteiger charge is -2.31. The fraction of sp³-hybridized carbons (Fsp3) is 0.400. The van der Waals surface area contributed by atoms with Crippen molar-refractivity contribution in [1.29, 1.82) is 0 Å². The Morgan fingerprint density at radius 1 is 1.39 bits per heavy atom. The number of aromatic amines is 1. The van der Waals surface area contributed by atoms with Crippen molar-refractivity contribution in [3.05, 3.63) is 30.4 Å². The van der Waals surface area contributed by atoms with Crippen LogP contribution >= 0.6 is 0 Å². The number of nitrogen functional groups attached to an aromatic ring is 1. The number of aliphatic hydroxyl groups excluding tert-OH is 1. The van der Waals surface area contributed by atoms with Gasteiger partial charge in [0, 0.05) is 35.3 Å². The van der Waals surface area contributed by atoms with Crippen LogP contribution in [0.15, 0.2) is 24.7 Å². The molecule has 0 bridgehead atoms. The highest BCUT2D eigenvalue weighted by Crippen LogP contribution is 2.30. The summed E-state index contributed by atoms with van der Waals surface area (Å²) in [6, 6.07) is 1.87. The molecule has 4 heterocycles. The van der Waals surface area contributed by atoms with Gasteiger partial charge < -0.3 is 16.2 Å². The Balaban J connectivity index is 1.83. The highest BCUT2D eigenvalue weighted by molar-refractivity contribution is 5.77. The van der Waals surface area contributed by atoms with Crippen LogP contribution in [-0.2, 0) is 0 Å². The van der Waals surface area contributed by atoms with E-state index < -0.39 is 0 Å². The predicted molar refractivity (Wildman–Crippen MR) is 85.8 cm³/mol. The summed E-state index contributed by atoms with van der Waals surface area (Å²) < 4.78 is 1.63. The number of hydrogen-bond acceptors (Lipinski definition) is 6. The number of nitrogens with one attached hydrogen (secondary N) is 2. The summed E-state index contributed by atoms with van der Waals surface area (Å²) in [7, 11) is 0. The maximum absolute atomic E-state index is 9.62. The van der Waals surface area contributed by atoms with E-state index in [2.05, 4.69) is 20.6 Å². The van der Waals surface area contributed by atoms with Crippen molar-refractivity contribution < 1.29 is 5.11 Å². The lowest BCUT2D eigenvalue weighted by atomic mass is 9.88. The molecule has 23 heavy (non-hydrogen) atoms. The van der Waals surface area contributed by atoms with Crippen LogP contribution in [0.4, 0.5) is 5.82 Å². The Hall–Kier alpha value is -2.45. The standard InChI is InChI=1S/C15H19N7O/c16-14-4-12(10-2-1-3-17-13(10)8-23)21-15-11(7-20-22(14)15)9-5-18-19-6-9/h4-7,10,13,17,23H,1-3,8,16H2,(H,18,19)/t10-,13-/m1/s1. The van der Waals surface area contributed by atoms with Crippen LogP contribution in [0.3, 0.4) is 0 Å². The molecule has 3 aromatic heterocycles. The van der Waals surface area contributed by atoms with Crippen molar-refractivity contribution >= 4 is 11.5 Å². The fourth-order valence-corrected chi connectivity index (χ4v) is 3.30. The van der Waals surface area contributed by atoms with Crippen molar-refractivity contribution in [2.45, 2.75) is 24.8 Å². The summed E-state index contributed by atoms with van der Waals surface area (Å²) in [5.74, 6) is 0.690. The first kappa shape index (κ1) is 14.2. The summed E-state index contributed by atoms with van der Waals surface area (Å²) in [5.41, 5.74) is 9.58. The van der Waals surface area contributed by atoms with E-state index >= 15 is 0 Å². The molecule has 3 aromatic rings. The van der Waals surface area contributed by atoms with Gasteiger partial charge in [-0.2, -0.15) is 14.7 Å². The minimum atomic E-state index is 0.0124. The van der Waals surface area contributed by atoms with E-state index in [4.69, 9.17) is 10.7 Å². The number of aliphatic hydroxyl groups is 1. The number of nitrogens with two attached hydrogens (primary N) is 1. The highest BCUT2D eigenvalue weighted by Gasteiger charge is 2.28. The average Bonchev–Trinajstić information content (AvgIpc) is 3.23. The fourth-order valence-electron chi connectivity index (χ4n) is 3.30. The van der Waals surface area contributed by atoms with Crippen molar-refractivity contribution in [3.63, 3.8) is 0 Å². The van der Waals surface area contributed by atoms with Crippen molar-refractivity contribution in [1.82, 2.24) is 30.1 Å². The third kappa shape index (κ3) is 2.36. The number of rotatable bonds is 3. The molecule has 1 aliphatic heterocycles. The van der Waals surface area contributed by atoms with Crippen molar-refractivity contribution in [3.8, 4) is 11.1 Å². The quantitative estimate of drug-likeness (QED) is 0.560. The van der Waals surface area contributed by atoms with Crippen LogP contribution in [-0.4, -0.2) is 49.1 Å². The maximum atomic E-state index is 9.62. The molecule has 1 saturated heterocycles. The number of aromatic nitrogens is 5. The second kappa shape index (κ2) is 5.64. The molecular weight excluding hydrogens is 294 g/mol. The van der Waals surface area contributed by atoms with Gasteiger partial charge in [0.05, 0.1) is 24.7 Å². The van der Waals surface area contributed by atoms with Crippen LogP contribution in [0.1, 0.15) is 24.5 Å². The Morgan fingerprint density at radius 2 is 2.30 bits per heavy atom. The van der Waals surface area contributed by atoms with E-state index in [1.54, 1.807) is 23.1 Å². The van der Waals surface area contributed by atoms with Gasteiger partial charge in [-0.15, -0.1) is 0 Å². The first-order valence-corrected chi connectivity index (χ1v) is 7.75. The summed E-state index contributed by atoms with van der Waals surface area (Å²) in [6.07, 6.45) is 7.33. The zero-order valence-electron chi connectivity index (χ0n) is 12.6. The summed E-state index contributed by atoms with van der Waals surface area (Å²) in [5, 5.41) is 24.1. The van der Waals surface area contributed by atoms with Crippen LogP contribution in [0.2, 0.25) is 0 Å². The molecule has 2 atom stereocenters. The second-order valence-corrected chi connectivity index (χ2v) is 5.88. The minimum Gasteiger partial charge on any atom is -0.395 e. The van der Waals surface area contributed by atoms with Gasteiger partial charge in [0.2, 0.25) is 0 Å². The summed E-state index contributed by atoms with van der Waals surface area (Å²) in [4.78, 5) is 4.80. The molecular formula is C15H19N7O. The monoisotopic (exact) mass is 313 g/mol. The number of piperidine rings is 1. The smallest absolute Gasteiger partial charge is 0.165 e. The van der Waals surface area contributed by atoms with Gasteiger partial charge in [-0.05, 0) is 19.4 Å². The van der Waals surface area contributed by atoms with Gasteiger partial charge in [-0.3, -0.25) is 5.10 Å². The summed E-state index contributed by atoms with van der Waals surface area (Å²) in [6.45, 7) is 1.01. The number of nitrogens with zero attached hydrogens (tertiary/aromatic N) is 4. The SMILES string of the molecule is Nc1cc([C@H]2CCCN[C@@H]2CO)nc2c(-c3cn[nH]c3)cnn12. The Bertz CT molecular complexity index is 811. The largest absolute Gasteiger partial charge is 0.395 e. The number of fused-ring (bicyclic) bond motifs is 1. The first-order valence-electron chi connectivity index (χ1n) is 7.75. The molecule has 0 saturated carbocycles. The number of H-pyrrole nitrogens is 1. The van der Waals surface area contributed by atoms with Crippen LogP contribution < -0.4 is 11.1 Å². The maximum Gasteiger partial charge on any atom is 0.165 e. The van der Waals surface area contributed by atoms with Crippen LogP contribution in [0.25, 0.3) is 16.8 Å². The minimum absolute atomic E-state index is 0.0124. The van der Waals surface area contributed by atoms with Gasteiger partial charge in [0.25, 0.3) is 0 Å². The van der Waals surface area contributed by atoms with Gasteiger partial charge >= 0.3 is 0 Å². The zero-order chi connectivity index (χ0) is 15.8. The van der Waals surface area contributed by atoms with E-state index in [0.29, 0.717) is 11.5 Å². The Labute approximate surface area is 132 Å². The molecule has 0 radical (unpaired) electrons. The van der Waals surface area contributed by atoms with E-state index in [1.807, 2.05) is 6.07 Å². The molecule has 0 aromatic carbocycles. The third-order valence-corrected chi connectivity index (χ3v) is 4.49. The van der Waals surface area contributed by atoms with Crippen molar-refractivity contribution in [2.75, 3.05) is 18.9 Å².